The molecule has 2 saturated heterocycles. The number of rotatable bonds is 10. The molecule has 5 aromatic rings. The third kappa shape index (κ3) is 7.58. The third-order valence-electron chi connectivity index (χ3n) is 12.8. The van der Waals surface area contributed by atoms with Gasteiger partial charge in [0.1, 0.15) is 23.5 Å². The Bertz CT molecular complexity index is 2580. The van der Waals surface area contributed by atoms with Crippen LogP contribution in [0.15, 0.2) is 58.5 Å². The first-order chi connectivity index (χ1) is 28.4. The molecule has 310 valence electrons. The molecule has 15 nitrogen and oxygen atoms in total. The zero-order chi connectivity index (χ0) is 41.1. The lowest BCUT2D eigenvalue weighted by molar-refractivity contribution is -0.135. The summed E-state index contributed by atoms with van der Waals surface area (Å²) < 4.78 is 25.9. The van der Waals surface area contributed by atoms with E-state index in [1.807, 2.05) is 26.1 Å². The number of fused-ring (bicyclic) bond motifs is 2. The van der Waals surface area contributed by atoms with Gasteiger partial charge in [0.25, 0.3) is 11.5 Å². The highest BCUT2D eigenvalue weighted by Gasteiger charge is 2.40. The fourth-order valence-corrected chi connectivity index (χ4v) is 9.41. The number of alkyl halides is 1. The van der Waals surface area contributed by atoms with Gasteiger partial charge in [0.05, 0.1) is 28.9 Å². The number of aromatic nitrogens is 6. The zero-order valence-corrected chi connectivity index (χ0v) is 33.6. The van der Waals surface area contributed by atoms with Gasteiger partial charge in [0.15, 0.2) is 0 Å². The number of amides is 3. The van der Waals surface area contributed by atoms with Gasteiger partial charge in [-0.05, 0) is 114 Å². The molecule has 0 radical (unpaired) electrons. The molecule has 16 heteroatoms. The lowest BCUT2D eigenvalue weighted by Crippen LogP contribution is -2.44. The Labute approximate surface area is 339 Å². The molecule has 4 aliphatic rings. The average Bonchev–Trinajstić information content (AvgIpc) is 3.70. The summed E-state index contributed by atoms with van der Waals surface area (Å²) in [5.74, 6) is 0.540. The predicted molar refractivity (Wildman–Crippen MR) is 218 cm³/mol. The van der Waals surface area contributed by atoms with Crippen molar-refractivity contribution in [3.8, 4) is 5.88 Å². The predicted octanol–water partition coefficient (Wildman–Crippen LogP) is 5.00. The van der Waals surface area contributed by atoms with Crippen LogP contribution < -0.4 is 26.6 Å². The number of hydrogen-bond donors (Lipinski definition) is 2. The molecule has 59 heavy (non-hydrogen) atoms. The molecule has 9 rings (SSSR count). The van der Waals surface area contributed by atoms with E-state index in [1.165, 1.54) is 27.0 Å². The van der Waals surface area contributed by atoms with Gasteiger partial charge in [-0.1, -0.05) is 6.07 Å². The summed E-state index contributed by atoms with van der Waals surface area (Å²) in [6, 6.07) is 8.09. The Morgan fingerprint density at radius 3 is 2.44 bits per heavy atom. The van der Waals surface area contributed by atoms with Crippen molar-refractivity contribution < 1.29 is 23.5 Å². The van der Waals surface area contributed by atoms with Gasteiger partial charge < -0.3 is 19.5 Å². The summed E-state index contributed by atoms with van der Waals surface area (Å²) in [5.41, 5.74) is 3.18. The van der Waals surface area contributed by atoms with E-state index in [2.05, 4.69) is 32.7 Å². The number of hydrogen-bond acceptors (Lipinski definition) is 9. The molecule has 2 N–H and O–H groups in total. The Morgan fingerprint density at radius 2 is 1.73 bits per heavy atom. The molecule has 3 amide bonds. The number of likely N-dealkylation sites (tertiary alicyclic amines) is 1. The lowest BCUT2D eigenvalue weighted by Gasteiger charge is -2.36. The van der Waals surface area contributed by atoms with Crippen LogP contribution in [0.3, 0.4) is 0 Å². The summed E-state index contributed by atoms with van der Waals surface area (Å²) in [4.78, 5) is 76.3. The molecule has 2 saturated carbocycles. The Balaban J connectivity index is 0.814. The van der Waals surface area contributed by atoms with Crippen molar-refractivity contribution in [3.63, 3.8) is 0 Å². The zero-order valence-electron chi connectivity index (χ0n) is 33.6. The normalized spacial score (nSPS) is 24.2. The number of anilines is 1. The van der Waals surface area contributed by atoms with E-state index in [1.54, 1.807) is 28.3 Å². The van der Waals surface area contributed by atoms with Crippen molar-refractivity contribution in [3.05, 3.63) is 86.6 Å². The average molecular weight is 808 g/mol. The van der Waals surface area contributed by atoms with Gasteiger partial charge in [0.2, 0.25) is 23.5 Å². The first kappa shape index (κ1) is 38.9. The number of piperidine rings is 2. The van der Waals surface area contributed by atoms with Gasteiger partial charge in [0, 0.05) is 50.9 Å². The highest BCUT2D eigenvalue weighted by Crippen LogP contribution is 2.39. The van der Waals surface area contributed by atoms with Crippen molar-refractivity contribution in [1.29, 1.82) is 0 Å². The summed E-state index contributed by atoms with van der Waals surface area (Å²) >= 11 is 0. The molecule has 3 atom stereocenters. The molecule has 4 fully saturated rings. The van der Waals surface area contributed by atoms with Crippen LogP contribution in [0.4, 0.5) is 10.1 Å². The number of nitrogens with zero attached hydrogens (tertiary/aromatic N) is 7. The number of aryl methyl sites for hydroxylation is 1. The van der Waals surface area contributed by atoms with Crippen molar-refractivity contribution in [2.24, 2.45) is 13.0 Å². The van der Waals surface area contributed by atoms with Crippen molar-refractivity contribution >= 4 is 40.2 Å². The minimum Gasteiger partial charge on any atom is -0.474 e. The van der Waals surface area contributed by atoms with E-state index in [0.29, 0.717) is 29.6 Å². The summed E-state index contributed by atoms with van der Waals surface area (Å²) in [7, 11) is 1.74. The largest absolute Gasteiger partial charge is 0.474 e. The molecule has 0 spiro atoms. The number of benzene rings is 1. The van der Waals surface area contributed by atoms with Crippen LogP contribution in [0.2, 0.25) is 0 Å². The van der Waals surface area contributed by atoms with Gasteiger partial charge in [-0.25, -0.2) is 14.2 Å². The molecule has 6 heterocycles. The van der Waals surface area contributed by atoms with Crippen LogP contribution >= 0.6 is 0 Å². The molecular weight excluding hydrogens is 758 g/mol. The first-order valence-electron chi connectivity index (χ1n) is 20.9. The quantitative estimate of drug-likeness (QED) is 0.185. The van der Waals surface area contributed by atoms with Gasteiger partial charge in [-0.2, -0.15) is 4.98 Å². The van der Waals surface area contributed by atoms with E-state index < -0.39 is 35.6 Å². The number of pyridine rings is 1. The smallest absolute Gasteiger partial charge is 0.329 e. The molecule has 0 bridgehead atoms. The molecule has 2 aliphatic carbocycles. The van der Waals surface area contributed by atoms with Crippen LogP contribution in [-0.2, 0) is 16.6 Å². The third-order valence-corrected chi connectivity index (χ3v) is 12.8. The minimum absolute atomic E-state index is 0.0621. The summed E-state index contributed by atoms with van der Waals surface area (Å²) in [6.45, 7) is 6.77. The van der Waals surface area contributed by atoms with E-state index >= 15 is 0 Å². The summed E-state index contributed by atoms with van der Waals surface area (Å²) in [6.07, 6.45) is 10.9. The van der Waals surface area contributed by atoms with E-state index in [9.17, 15) is 28.4 Å². The van der Waals surface area contributed by atoms with Crippen LogP contribution in [0.5, 0.6) is 5.88 Å². The molecule has 1 aromatic carbocycles. The second kappa shape index (κ2) is 15.5. The van der Waals surface area contributed by atoms with Crippen LogP contribution in [-0.4, -0.2) is 82.6 Å². The number of carbonyl (C=O) groups is 3. The second-order valence-corrected chi connectivity index (χ2v) is 17.1. The van der Waals surface area contributed by atoms with Crippen LogP contribution in [0.25, 0.3) is 16.8 Å². The number of carbonyl (C=O) groups excluding carboxylic acids is 3. The number of nitrogens with one attached hydrogen (secondary N) is 2. The highest BCUT2D eigenvalue weighted by atomic mass is 19.1. The fourth-order valence-electron chi connectivity index (χ4n) is 9.41. The topological polar surface area (TPSA) is 167 Å². The fraction of sp³-hybridized carbons (Fsp3) is 0.512. The number of imide groups is 1. The summed E-state index contributed by atoms with van der Waals surface area (Å²) in [5, 5.41) is 5.08. The van der Waals surface area contributed by atoms with E-state index in [-0.39, 0.29) is 53.6 Å². The molecule has 4 aromatic heterocycles. The van der Waals surface area contributed by atoms with Gasteiger partial charge in [-0.3, -0.25) is 38.0 Å². The maximum Gasteiger partial charge on any atom is 0.329 e. The first-order valence-corrected chi connectivity index (χ1v) is 20.9. The van der Waals surface area contributed by atoms with E-state index in [4.69, 9.17) is 9.72 Å². The van der Waals surface area contributed by atoms with Crippen molar-refractivity contribution in [2.45, 2.75) is 108 Å². The van der Waals surface area contributed by atoms with Crippen LogP contribution in [0, 0.1) is 5.92 Å². The Morgan fingerprint density at radius 1 is 0.966 bits per heavy atom. The van der Waals surface area contributed by atoms with Crippen molar-refractivity contribution in [2.75, 3.05) is 25.0 Å². The maximum atomic E-state index is 13.7. The maximum absolute atomic E-state index is 13.7. The highest BCUT2D eigenvalue weighted by molar-refractivity contribution is 6.05. The molecule has 1 unspecified atom stereocenters. The van der Waals surface area contributed by atoms with Crippen molar-refractivity contribution in [1.82, 2.24) is 38.3 Å². The van der Waals surface area contributed by atoms with Gasteiger partial charge >= 0.3 is 5.69 Å². The number of imidazole rings is 2. The monoisotopic (exact) mass is 807 g/mol. The lowest BCUT2D eigenvalue weighted by atomic mass is 9.80. The molecular formula is C43H50FN9O6. The second-order valence-electron chi connectivity index (χ2n) is 17.1. The van der Waals surface area contributed by atoms with Crippen LogP contribution in [0.1, 0.15) is 117 Å². The van der Waals surface area contributed by atoms with Gasteiger partial charge in [-0.15, -0.1) is 0 Å². The standard InChI is InChI=1S/C43H50FN9O6/c1-24(2)59-40-29(38(55)45-31-5-4-16-52(41(31)57)35-20-30(35)44)22-51-23-32(46-42(51)48-40)27-8-6-25(7-9-27)21-50-17-14-26(15-18-50)28-10-11-33-36(19-28)49(3)43(58)53(33)34-12-13-37(54)47-39(34)56/h4-5,10-11,16,19,22-27,30,34-35H,6-9,12-15,17-18,20-21H2,1-3H3,(H,45,55)(H,47,54,56)/t25?,27?,30-,34?,35+/m1/s1. The van der Waals surface area contributed by atoms with E-state index in [0.717, 1.165) is 69.4 Å². The Hall–Kier alpha value is -5.64. The minimum atomic E-state index is -1.06. The molecule has 2 aliphatic heterocycles. The Kier molecular flexibility index (Phi) is 10.2. The SMILES string of the molecule is CC(C)Oc1nc2nc(C3CCC(CN4CCC(c5ccc6c(c5)n(C)c(=O)n6C5CCC(=O)NC5=O)CC4)CC3)cn2cc1C(=O)Nc1cccn([C@H]2C[C@H]2F)c1=O. The number of halogens is 1. The number of ether oxygens (including phenoxy) is 1.